The molecule has 4 aliphatic heterocycles. The largest absolute Gasteiger partial charge is 0.458 e. The molecule has 16 heteroatoms. The molecule has 0 aromatic carbocycles. The molecule has 340 valence electrons. The number of cyclic esters (lactones) is 1. The Hall–Kier alpha value is -1.80. The molecule has 7 N–H and O–H groups in total. The van der Waals surface area contributed by atoms with Crippen LogP contribution in [0.2, 0.25) is 0 Å². The van der Waals surface area contributed by atoms with E-state index in [0.717, 1.165) is 44.1 Å². The second-order valence-corrected chi connectivity index (χ2v) is 20.0. The smallest absolute Gasteiger partial charge is 0.331 e. The Bertz CT molecular complexity index is 1580. The fourth-order valence-electron chi connectivity index (χ4n) is 13.5. The van der Waals surface area contributed by atoms with Crippen LogP contribution in [-0.4, -0.2) is 154 Å². The number of rotatable bonds is 10. The highest BCUT2D eigenvalue weighted by Crippen LogP contribution is 2.70. The van der Waals surface area contributed by atoms with Gasteiger partial charge in [-0.05, 0) is 107 Å². The maximum atomic E-state index is 12.6. The van der Waals surface area contributed by atoms with Gasteiger partial charge in [-0.15, -0.1) is 0 Å². The summed E-state index contributed by atoms with van der Waals surface area (Å²) >= 11 is 0. The third-order valence-electron chi connectivity index (χ3n) is 16.7. The summed E-state index contributed by atoms with van der Waals surface area (Å²) in [5.41, 5.74) is 4.58. The van der Waals surface area contributed by atoms with Gasteiger partial charge < -0.3 is 64.4 Å². The summed E-state index contributed by atoms with van der Waals surface area (Å²) in [5.74, 6) is -0.426. The average molecular weight is 851 g/mol. The molecule has 7 fully saturated rings. The van der Waals surface area contributed by atoms with Crippen molar-refractivity contribution >= 4 is 11.9 Å². The van der Waals surface area contributed by atoms with Gasteiger partial charge in [-0.25, -0.2) is 4.79 Å². The van der Waals surface area contributed by atoms with Crippen LogP contribution in [0.3, 0.4) is 0 Å². The second kappa shape index (κ2) is 17.3. The van der Waals surface area contributed by atoms with Gasteiger partial charge in [0.15, 0.2) is 18.9 Å². The number of primary amides is 1. The molecular weight excluding hydrogens is 780 g/mol. The first kappa shape index (κ1) is 44.8. The molecule has 6 unspecified atom stereocenters. The van der Waals surface area contributed by atoms with Gasteiger partial charge in [0.05, 0.1) is 54.9 Å². The van der Waals surface area contributed by atoms with Crippen LogP contribution in [-0.2, 0) is 42.7 Å². The number of ether oxygens (including phenoxy) is 7. The Labute approximate surface area is 353 Å². The second-order valence-electron chi connectivity index (χ2n) is 20.0. The summed E-state index contributed by atoms with van der Waals surface area (Å²) < 4.78 is 42.9. The number of hydrogen-bond acceptors (Lipinski definition) is 15. The van der Waals surface area contributed by atoms with Crippen molar-refractivity contribution in [1.82, 2.24) is 4.90 Å². The summed E-state index contributed by atoms with van der Waals surface area (Å²) in [4.78, 5) is 25.6. The molecule has 0 spiro atoms. The molecule has 60 heavy (non-hydrogen) atoms. The molecule has 4 heterocycles. The molecule has 8 aliphatic rings. The van der Waals surface area contributed by atoms with Gasteiger partial charge in [-0.1, -0.05) is 13.8 Å². The zero-order chi connectivity index (χ0) is 42.9. The standard InChI is InChI=1S/C44H70N2O14/c1-22-19-46(31(20-47)41(45)52)13-10-36(55-22)59-39-23(2)57-38(18-33(39)49)60-40-24(3)56-37(17-32(40)48)58-27-8-11-42(4)26(15-27)6-7-29-30(42)16-34(50)43(5)28(9-12-44(29,43)53)25-14-35(51)54-21-25/h14,22-24,26-34,36-40,47-50,53H,6-13,15-21H2,1-5H3,(H2,45,52)/t22?,23-,24-,26?,27-,28+,29?,30?,31?,32-,33-,34-,36?,37-,38-,39+,40+,42-,43-,44-/m0/s1. The van der Waals surface area contributed by atoms with Crippen LogP contribution in [0.1, 0.15) is 105 Å². The fourth-order valence-corrected chi connectivity index (χ4v) is 13.5. The van der Waals surface area contributed by atoms with E-state index in [-0.39, 0.29) is 67.4 Å². The molecule has 0 aromatic rings. The number of aliphatic hydroxyl groups is 5. The Morgan fingerprint density at radius 3 is 2.15 bits per heavy atom. The molecule has 16 nitrogen and oxygen atoms in total. The van der Waals surface area contributed by atoms with E-state index in [1.54, 1.807) is 17.9 Å². The van der Waals surface area contributed by atoms with Crippen molar-refractivity contribution in [1.29, 1.82) is 0 Å². The minimum absolute atomic E-state index is 0.0524. The molecular formula is C44H70N2O14. The Morgan fingerprint density at radius 2 is 1.53 bits per heavy atom. The number of carbonyl (C=O) groups excluding carboxylic acids is 2. The molecule has 0 aromatic heterocycles. The van der Waals surface area contributed by atoms with Crippen molar-refractivity contribution in [3.63, 3.8) is 0 Å². The van der Waals surface area contributed by atoms with Crippen molar-refractivity contribution in [2.45, 2.75) is 191 Å². The van der Waals surface area contributed by atoms with E-state index >= 15 is 0 Å². The Kier molecular flexibility index (Phi) is 12.9. The number of hydrogen-bond donors (Lipinski definition) is 6. The quantitative estimate of drug-likeness (QED) is 0.136. The first-order valence-corrected chi connectivity index (χ1v) is 22.7. The van der Waals surface area contributed by atoms with E-state index in [2.05, 4.69) is 6.92 Å². The Balaban J connectivity index is 0.819. The van der Waals surface area contributed by atoms with Crippen molar-refractivity contribution in [2.24, 2.45) is 40.2 Å². The highest BCUT2D eigenvalue weighted by atomic mass is 16.7. The zero-order valence-electron chi connectivity index (χ0n) is 35.9. The highest BCUT2D eigenvalue weighted by molar-refractivity contribution is 5.85. The SMILES string of the molecule is CC1CN(C(CO)C(N)=O)CCC(O[C@@H]2[C@H](C)O[C@@H](O[C@@H]3[C@H](C)O[C@@H](O[C@H]4CC[C@@]5(C)C(CCC6C5C[C@H](O)[C@]5(C)[C@@H](C7=CC(=O)OC7)CC[C@]65O)C4)C[C@@H]3O)C[C@@H]2O)O1. The summed E-state index contributed by atoms with van der Waals surface area (Å²) in [5, 5.41) is 56.8. The molecule has 20 atom stereocenters. The van der Waals surface area contributed by atoms with Gasteiger partial charge in [0.2, 0.25) is 5.91 Å². The number of aliphatic hydroxyl groups excluding tert-OH is 4. The number of nitrogens with two attached hydrogens (primary N) is 1. The van der Waals surface area contributed by atoms with Crippen LogP contribution < -0.4 is 5.73 Å². The first-order chi connectivity index (χ1) is 28.4. The van der Waals surface area contributed by atoms with Crippen molar-refractivity contribution in [2.75, 3.05) is 26.3 Å². The maximum absolute atomic E-state index is 12.6. The summed E-state index contributed by atoms with van der Waals surface area (Å²) in [7, 11) is 0. The lowest BCUT2D eigenvalue weighted by Gasteiger charge is -2.65. The van der Waals surface area contributed by atoms with E-state index in [4.69, 9.17) is 38.9 Å². The maximum Gasteiger partial charge on any atom is 0.331 e. The minimum Gasteiger partial charge on any atom is -0.458 e. The Morgan fingerprint density at radius 1 is 0.867 bits per heavy atom. The topological polar surface area (TPSA) is 229 Å². The van der Waals surface area contributed by atoms with Gasteiger partial charge in [0, 0.05) is 43.8 Å². The lowest BCUT2D eigenvalue weighted by Crippen LogP contribution is -2.67. The van der Waals surface area contributed by atoms with Gasteiger partial charge in [0.1, 0.15) is 24.9 Å². The van der Waals surface area contributed by atoms with Gasteiger partial charge >= 0.3 is 5.97 Å². The van der Waals surface area contributed by atoms with Gasteiger partial charge in [0.25, 0.3) is 0 Å². The molecule has 4 aliphatic carbocycles. The molecule has 1 amide bonds. The number of amides is 1. The van der Waals surface area contributed by atoms with Crippen molar-refractivity contribution in [3.8, 4) is 0 Å². The normalized spacial score (nSPS) is 50.4. The summed E-state index contributed by atoms with van der Waals surface area (Å²) in [6.07, 6.45) is 1.21. The first-order valence-electron chi connectivity index (χ1n) is 22.7. The number of esters is 1. The molecule has 4 saturated carbocycles. The van der Waals surface area contributed by atoms with Crippen molar-refractivity contribution in [3.05, 3.63) is 11.6 Å². The molecule has 0 radical (unpaired) electrons. The zero-order valence-corrected chi connectivity index (χ0v) is 35.9. The van der Waals surface area contributed by atoms with Crippen molar-refractivity contribution < 1.29 is 68.3 Å². The van der Waals surface area contributed by atoms with Gasteiger partial charge in [-0.3, -0.25) is 9.69 Å². The van der Waals surface area contributed by atoms with Crippen LogP contribution in [0.4, 0.5) is 0 Å². The lowest BCUT2D eigenvalue weighted by molar-refractivity contribution is -0.329. The third-order valence-corrected chi connectivity index (χ3v) is 16.7. The van der Waals surface area contributed by atoms with E-state index in [1.165, 1.54) is 0 Å². The fraction of sp³-hybridized carbons (Fsp3) is 0.909. The van der Waals surface area contributed by atoms with Crippen LogP contribution in [0.15, 0.2) is 11.6 Å². The minimum atomic E-state index is -1.02. The summed E-state index contributed by atoms with van der Waals surface area (Å²) in [6, 6.07) is -0.817. The van der Waals surface area contributed by atoms with Crippen LogP contribution in [0.5, 0.6) is 0 Å². The van der Waals surface area contributed by atoms with Crippen LogP contribution in [0.25, 0.3) is 0 Å². The third kappa shape index (κ3) is 8.01. The van der Waals surface area contributed by atoms with Crippen LogP contribution in [0, 0.1) is 34.5 Å². The average Bonchev–Trinajstić information content (AvgIpc) is 3.67. The van der Waals surface area contributed by atoms with E-state index in [0.29, 0.717) is 38.3 Å². The summed E-state index contributed by atoms with van der Waals surface area (Å²) in [6.45, 7) is 10.5. The molecule has 3 saturated heterocycles. The van der Waals surface area contributed by atoms with Crippen LogP contribution >= 0.6 is 0 Å². The monoisotopic (exact) mass is 850 g/mol. The number of fused-ring (bicyclic) bond motifs is 5. The predicted octanol–water partition coefficient (Wildman–Crippen LogP) is 1.64. The van der Waals surface area contributed by atoms with E-state index in [9.17, 15) is 35.1 Å². The van der Waals surface area contributed by atoms with E-state index < -0.39 is 84.6 Å². The predicted molar refractivity (Wildman–Crippen MR) is 212 cm³/mol. The highest BCUT2D eigenvalue weighted by Gasteiger charge is 2.71. The number of carbonyl (C=O) groups is 2. The number of nitrogens with zero attached hydrogens (tertiary/aromatic N) is 1. The van der Waals surface area contributed by atoms with Gasteiger partial charge in [-0.2, -0.15) is 0 Å². The lowest BCUT2D eigenvalue weighted by atomic mass is 9.42. The van der Waals surface area contributed by atoms with E-state index in [1.807, 2.05) is 20.8 Å². The molecule has 8 rings (SSSR count). The molecule has 0 bridgehead atoms.